The first-order chi connectivity index (χ1) is 8.46. The van der Waals surface area contributed by atoms with Gasteiger partial charge >= 0.3 is 6.03 Å². The van der Waals surface area contributed by atoms with E-state index in [2.05, 4.69) is 10.6 Å². The number of hydrogen-bond donors (Lipinski definition) is 2. The van der Waals surface area contributed by atoms with Gasteiger partial charge in [0.05, 0.1) is 7.11 Å². The van der Waals surface area contributed by atoms with Crippen molar-refractivity contribution in [1.82, 2.24) is 10.6 Å². The predicted molar refractivity (Wildman–Crippen MR) is 73.2 cm³/mol. The second-order valence-corrected chi connectivity index (χ2v) is 4.94. The van der Waals surface area contributed by atoms with Crippen LogP contribution < -0.4 is 15.4 Å². The van der Waals surface area contributed by atoms with E-state index in [1.54, 1.807) is 7.11 Å². The molecule has 18 heavy (non-hydrogen) atoms. The maximum absolute atomic E-state index is 11.6. The van der Waals surface area contributed by atoms with Gasteiger partial charge in [-0.3, -0.25) is 0 Å². The number of urea groups is 1. The molecule has 0 saturated heterocycles. The molecule has 2 N–H and O–H groups in total. The summed E-state index contributed by atoms with van der Waals surface area (Å²) in [5.74, 6) is 1.16. The van der Waals surface area contributed by atoms with E-state index >= 15 is 0 Å². The van der Waals surface area contributed by atoms with Crippen LogP contribution in [-0.4, -0.2) is 24.6 Å². The summed E-state index contributed by atoms with van der Waals surface area (Å²) in [5, 5.41) is 5.57. The second-order valence-electron chi connectivity index (χ2n) is 4.67. The smallest absolute Gasteiger partial charge is 0.315 e. The van der Waals surface area contributed by atoms with Crippen LogP contribution in [0.4, 0.5) is 4.79 Å². The summed E-state index contributed by atoms with van der Waals surface area (Å²) in [6, 6.07) is 7.31. The Balaban J connectivity index is 2.42. The Kier molecular flexibility index (Phi) is 5.28. The van der Waals surface area contributed by atoms with Crippen LogP contribution in [0.2, 0.25) is 0 Å². The molecular weight excluding hydrogens is 252 g/mol. The van der Waals surface area contributed by atoms with E-state index in [-0.39, 0.29) is 6.03 Å². The van der Waals surface area contributed by atoms with Gasteiger partial charge in [0.25, 0.3) is 0 Å². The summed E-state index contributed by atoms with van der Waals surface area (Å²) < 4.78 is 5.06. The number of hydrogen-bond acceptors (Lipinski definition) is 2. The van der Waals surface area contributed by atoms with E-state index in [0.29, 0.717) is 12.4 Å². The lowest BCUT2D eigenvalue weighted by molar-refractivity contribution is 0.232. The minimum absolute atomic E-state index is 0.225. The van der Waals surface area contributed by atoms with E-state index in [4.69, 9.17) is 16.3 Å². The zero-order valence-corrected chi connectivity index (χ0v) is 11.7. The summed E-state index contributed by atoms with van der Waals surface area (Å²) in [7, 11) is 1.62. The molecule has 4 nitrogen and oxygen atoms in total. The molecule has 0 bridgehead atoms. The number of methoxy groups -OCH3 is 1. The number of carbonyl (C=O) groups excluding carboxylic acids is 1. The molecule has 0 saturated carbocycles. The van der Waals surface area contributed by atoms with Gasteiger partial charge in [0.15, 0.2) is 0 Å². The molecule has 0 fully saturated rings. The molecule has 0 aliphatic rings. The van der Waals surface area contributed by atoms with Crippen LogP contribution in [0.1, 0.15) is 19.4 Å². The highest BCUT2D eigenvalue weighted by molar-refractivity contribution is 6.18. The monoisotopic (exact) mass is 270 g/mol. The fourth-order valence-electron chi connectivity index (χ4n) is 1.31. The lowest BCUT2D eigenvalue weighted by Gasteiger charge is -2.23. The molecule has 0 spiro atoms. The summed E-state index contributed by atoms with van der Waals surface area (Å²) in [6.07, 6.45) is 0. The second kappa shape index (κ2) is 6.50. The lowest BCUT2D eigenvalue weighted by atomic mass is 10.1. The van der Waals surface area contributed by atoms with Crippen molar-refractivity contribution in [3.63, 3.8) is 0 Å². The molecule has 0 radical (unpaired) electrons. The van der Waals surface area contributed by atoms with Crippen molar-refractivity contribution in [2.75, 3.05) is 13.0 Å². The Bertz CT molecular complexity index is 390. The van der Waals surface area contributed by atoms with Gasteiger partial charge in [0.1, 0.15) is 5.75 Å². The predicted octanol–water partition coefficient (Wildman–Crippen LogP) is 2.51. The number of halogens is 1. The van der Waals surface area contributed by atoms with Gasteiger partial charge in [0.2, 0.25) is 0 Å². The molecular formula is C13H19ClN2O2. The molecule has 0 unspecified atom stereocenters. The molecule has 0 aliphatic heterocycles. The van der Waals surface area contributed by atoms with Crippen LogP contribution in [0.3, 0.4) is 0 Å². The maximum atomic E-state index is 11.6. The number of benzene rings is 1. The zero-order valence-electron chi connectivity index (χ0n) is 10.9. The SMILES string of the molecule is COc1ccc(CNC(=O)NC(C)(C)CCl)cc1. The van der Waals surface area contributed by atoms with Crippen molar-refractivity contribution >= 4 is 17.6 Å². The summed E-state index contributed by atoms with van der Waals surface area (Å²) in [5.41, 5.74) is 0.598. The molecule has 2 amide bonds. The van der Waals surface area contributed by atoms with E-state index in [1.165, 1.54) is 0 Å². The van der Waals surface area contributed by atoms with Crippen molar-refractivity contribution in [1.29, 1.82) is 0 Å². The summed E-state index contributed by atoms with van der Waals surface area (Å²) in [6.45, 7) is 4.20. The summed E-state index contributed by atoms with van der Waals surface area (Å²) >= 11 is 5.73. The van der Waals surface area contributed by atoms with Crippen molar-refractivity contribution in [3.05, 3.63) is 29.8 Å². The van der Waals surface area contributed by atoms with Crippen LogP contribution >= 0.6 is 11.6 Å². The Morgan fingerprint density at radius 3 is 2.44 bits per heavy atom. The first kappa shape index (κ1) is 14.6. The van der Waals surface area contributed by atoms with Crippen LogP contribution in [0, 0.1) is 0 Å². The Morgan fingerprint density at radius 1 is 1.33 bits per heavy atom. The number of alkyl halides is 1. The third kappa shape index (κ3) is 4.84. The molecule has 1 aromatic rings. The Labute approximate surface area is 113 Å². The molecule has 1 rings (SSSR count). The molecule has 5 heteroatoms. The normalized spacial score (nSPS) is 10.9. The standard InChI is InChI=1S/C13H19ClN2O2/c1-13(2,9-14)16-12(17)15-8-10-4-6-11(18-3)7-5-10/h4-7H,8-9H2,1-3H3,(H2,15,16,17). The fraction of sp³-hybridized carbons (Fsp3) is 0.462. The number of carbonyl (C=O) groups is 1. The number of ether oxygens (including phenoxy) is 1. The number of amides is 2. The van der Waals surface area contributed by atoms with Crippen molar-refractivity contribution < 1.29 is 9.53 Å². The van der Waals surface area contributed by atoms with Gasteiger partial charge < -0.3 is 15.4 Å². The fourth-order valence-corrected chi connectivity index (χ4v) is 1.38. The largest absolute Gasteiger partial charge is 0.497 e. The lowest BCUT2D eigenvalue weighted by Crippen LogP contribution is -2.49. The minimum Gasteiger partial charge on any atom is -0.497 e. The van der Waals surface area contributed by atoms with Crippen LogP contribution in [0.25, 0.3) is 0 Å². The van der Waals surface area contributed by atoms with Gasteiger partial charge in [-0.25, -0.2) is 4.79 Å². The first-order valence-electron chi connectivity index (χ1n) is 5.72. The Morgan fingerprint density at radius 2 is 1.94 bits per heavy atom. The highest BCUT2D eigenvalue weighted by Gasteiger charge is 2.18. The molecule has 1 aromatic carbocycles. The molecule has 0 aromatic heterocycles. The quantitative estimate of drug-likeness (QED) is 0.808. The van der Waals surface area contributed by atoms with Crippen LogP contribution in [0.5, 0.6) is 5.75 Å². The minimum atomic E-state index is -0.411. The highest BCUT2D eigenvalue weighted by atomic mass is 35.5. The van der Waals surface area contributed by atoms with E-state index < -0.39 is 5.54 Å². The third-order valence-electron chi connectivity index (χ3n) is 2.40. The molecule has 100 valence electrons. The molecule has 0 heterocycles. The topological polar surface area (TPSA) is 50.4 Å². The highest BCUT2D eigenvalue weighted by Crippen LogP contribution is 2.11. The van der Waals surface area contributed by atoms with E-state index in [9.17, 15) is 4.79 Å². The molecule has 0 aliphatic carbocycles. The number of rotatable bonds is 5. The van der Waals surface area contributed by atoms with Crippen molar-refractivity contribution in [2.24, 2.45) is 0 Å². The zero-order chi connectivity index (χ0) is 13.6. The van der Waals surface area contributed by atoms with Gasteiger partial charge in [-0.05, 0) is 31.5 Å². The summed E-state index contributed by atoms with van der Waals surface area (Å²) in [4.78, 5) is 11.6. The first-order valence-corrected chi connectivity index (χ1v) is 6.25. The van der Waals surface area contributed by atoms with E-state index in [1.807, 2.05) is 38.1 Å². The van der Waals surface area contributed by atoms with E-state index in [0.717, 1.165) is 11.3 Å². The van der Waals surface area contributed by atoms with Gasteiger partial charge in [-0.2, -0.15) is 0 Å². The average molecular weight is 271 g/mol. The third-order valence-corrected chi connectivity index (χ3v) is 3.07. The van der Waals surface area contributed by atoms with Crippen molar-refractivity contribution in [2.45, 2.75) is 25.9 Å². The van der Waals surface area contributed by atoms with Crippen LogP contribution in [0.15, 0.2) is 24.3 Å². The molecule has 0 atom stereocenters. The van der Waals surface area contributed by atoms with Gasteiger partial charge in [0, 0.05) is 18.0 Å². The number of nitrogens with one attached hydrogen (secondary N) is 2. The van der Waals surface area contributed by atoms with Gasteiger partial charge in [-0.15, -0.1) is 11.6 Å². The van der Waals surface area contributed by atoms with Gasteiger partial charge in [-0.1, -0.05) is 12.1 Å². The Hall–Kier alpha value is -1.42. The van der Waals surface area contributed by atoms with Crippen molar-refractivity contribution in [3.8, 4) is 5.75 Å². The van der Waals surface area contributed by atoms with Crippen LogP contribution in [-0.2, 0) is 6.54 Å². The maximum Gasteiger partial charge on any atom is 0.315 e. The average Bonchev–Trinajstić information content (AvgIpc) is 2.36.